The van der Waals surface area contributed by atoms with Crippen molar-refractivity contribution in [3.8, 4) is 11.1 Å². The summed E-state index contributed by atoms with van der Waals surface area (Å²) < 4.78 is 0. The first-order valence-corrected chi connectivity index (χ1v) is 12.5. The lowest BCUT2D eigenvalue weighted by molar-refractivity contribution is -0.125. The number of hydrogen-bond acceptors (Lipinski definition) is 6. The van der Waals surface area contributed by atoms with Gasteiger partial charge in [-0.05, 0) is 68.4 Å². The Morgan fingerprint density at radius 2 is 1.92 bits per heavy atom. The normalized spacial score (nSPS) is 18.0. The third-order valence-electron chi connectivity index (χ3n) is 6.44. The highest BCUT2D eigenvalue weighted by Crippen LogP contribution is 2.26. The summed E-state index contributed by atoms with van der Waals surface area (Å²) in [5, 5.41) is 14.0. The molecule has 1 fully saturated rings. The van der Waals surface area contributed by atoms with Crippen LogP contribution >= 0.6 is 0 Å². The quantitative estimate of drug-likeness (QED) is 0.484. The Labute approximate surface area is 215 Å². The Hall–Kier alpha value is -4.24. The number of aromatic nitrogens is 3. The number of rotatable bonds is 6. The SMILES string of the molecule is CN(C)Cc1cncc(-c2ccc3[nH]nc(C(=O)NC4=C/NCC=C(C(=O)N5CCCC5)/C=C\4)c3c2)c1. The third-order valence-corrected chi connectivity index (χ3v) is 6.44. The molecule has 2 aromatic heterocycles. The van der Waals surface area contributed by atoms with Gasteiger partial charge in [0.2, 0.25) is 0 Å². The fourth-order valence-electron chi connectivity index (χ4n) is 4.63. The lowest BCUT2D eigenvalue weighted by Gasteiger charge is -2.17. The predicted molar refractivity (Wildman–Crippen MR) is 143 cm³/mol. The number of fused-ring (bicyclic) bond motifs is 1. The maximum atomic E-state index is 13.2. The molecule has 1 aromatic carbocycles. The summed E-state index contributed by atoms with van der Waals surface area (Å²) in [6.07, 6.45) is 12.9. The van der Waals surface area contributed by atoms with E-state index in [0.717, 1.165) is 60.1 Å². The minimum atomic E-state index is -0.336. The van der Waals surface area contributed by atoms with Gasteiger partial charge >= 0.3 is 0 Å². The van der Waals surface area contributed by atoms with Crippen LogP contribution in [0.2, 0.25) is 0 Å². The number of nitrogens with one attached hydrogen (secondary N) is 3. The van der Waals surface area contributed by atoms with E-state index >= 15 is 0 Å². The van der Waals surface area contributed by atoms with E-state index in [2.05, 4.69) is 36.8 Å². The lowest BCUT2D eigenvalue weighted by atomic mass is 10.0. The third kappa shape index (κ3) is 5.62. The van der Waals surface area contributed by atoms with E-state index in [1.165, 1.54) is 0 Å². The fourth-order valence-corrected chi connectivity index (χ4v) is 4.63. The summed E-state index contributed by atoms with van der Waals surface area (Å²) >= 11 is 0. The first kappa shape index (κ1) is 24.5. The monoisotopic (exact) mass is 497 g/mol. The van der Waals surface area contributed by atoms with Gasteiger partial charge in [0, 0.05) is 61.3 Å². The van der Waals surface area contributed by atoms with E-state index in [1.54, 1.807) is 18.4 Å². The number of H-pyrrole nitrogens is 1. The molecule has 9 nitrogen and oxygen atoms in total. The van der Waals surface area contributed by atoms with Crippen LogP contribution in [0.4, 0.5) is 0 Å². The average Bonchev–Trinajstić information content (AvgIpc) is 3.55. The van der Waals surface area contributed by atoms with Crippen molar-refractivity contribution < 1.29 is 9.59 Å². The number of benzene rings is 1. The molecule has 0 aliphatic carbocycles. The maximum absolute atomic E-state index is 13.2. The topological polar surface area (TPSA) is 106 Å². The molecule has 5 rings (SSSR count). The van der Waals surface area contributed by atoms with Crippen LogP contribution in [0.3, 0.4) is 0 Å². The van der Waals surface area contributed by atoms with Crippen molar-refractivity contribution in [3.63, 3.8) is 0 Å². The summed E-state index contributed by atoms with van der Waals surface area (Å²) in [5.41, 5.74) is 5.29. The smallest absolute Gasteiger partial charge is 0.276 e. The van der Waals surface area contributed by atoms with E-state index in [9.17, 15) is 9.59 Å². The van der Waals surface area contributed by atoms with E-state index in [0.29, 0.717) is 23.5 Å². The van der Waals surface area contributed by atoms with Gasteiger partial charge in [0.1, 0.15) is 0 Å². The highest BCUT2D eigenvalue weighted by Gasteiger charge is 2.21. The number of nitrogens with zero attached hydrogens (tertiary/aromatic N) is 4. The van der Waals surface area contributed by atoms with Crippen molar-refractivity contribution in [3.05, 3.63) is 83.6 Å². The number of hydrogen-bond donors (Lipinski definition) is 3. The molecule has 0 spiro atoms. The summed E-state index contributed by atoms with van der Waals surface area (Å²) in [5.74, 6) is -0.310. The Balaban J connectivity index is 1.35. The van der Waals surface area contributed by atoms with Crippen LogP contribution in [-0.2, 0) is 11.3 Å². The molecular weight excluding hydrogens is 466 g/mol. The molecule has 0 bridgehead atoms. The highest BCUT2D eigenvalue weighted by molar-refractivity contribution is 6.06. The number of aromatic amines is 1. The van der Waals surface area contributed by atoms with Crippen LogP contribution in [0.5, 0.6) is 0 Å². The number of likely N-dealkylation sites (tertiary alicyclic amines) is 1. The van der Waals surface area contributed by atoms with Crippen LogP contribution in [0, 0.1) is 0 Å². The molecule has 9 heteroatoms. The molecule has 3 N–H and O–H groups in total. The molecule has 2 aliphatic heterocycles. The Morgan fingerprint density at radius 3 is 2.73 bits per heavy atom. The van der Waals surface area contributed by atoms with Crippen molar-refractivity contribution in [2.45, 2.75) is 19.4 Å². The van der Waals surface area contributed by atoms with Crippen molar-refractivity contribution >= 4 is 22.7 Å². The first-order chi connectivity index (χ1) is 18.0. The summed E-state index contributed by atoms with van der Waals surface area (Å²) in [6.45, 7) is 2.87. The Morgan fingerprint density at radius 1 is 1.08 bits per heavy atom. The van der Waals surface area contributed by atoms with Crippen LogP contribution < -0.4 is 10.6 Å². The number of pyridine rings is 1. The van der Waals surface area contributed by atoms with Gasteiger partial charge in [0.05, 0.1) is 11.2 Å². The van der Waals surface area contributed by atoms with Crippen molar-refractivity contribution in [2.75, 3.05) is 33.7 Å². The highest BCUT2D eigenvalue weighted by atomic mass is 16.2. The molecule has 0 atom stereocenters. The average molecular weight is 498 g/mol. The predicted octanol–water partition coefficient (Wildman–Crippen LogP) is 2.97. The molecule has 37 heavy (non-hydrogen) atoms. The molecular formula is C28H31N7O2. The fraction of sp³-hybridized carbons (Fsp3) is 0.286. The molecule has 2 aliphatic rings. The van der Waals surface area contributed by atoms with E-state index < -0.39 is 0 Å². The van der Waals surface area contributed by atoms with Gasteiger partial charge in [-0.2, -0.15) is 5.10 Å². The molecule has 0 saturated carbocycles. The van der Waals surface area contributed by atoms with Gasteiger partial charge in [-0.15, -0.1) is 0 Å². The van der Waals surface area contributed by atoms with Crippen molar-refractivity contribution in [1.82, 2.24) is 35.6 Å². The molecule has 190 valence electrons. The molecule has 0 unspecified atom stereocenters. The number of carbonyl (C=O) groups is 2. The second kappa shape index (κ2) is 10.8. The second-order valence-electron chi connectivity index (χ2n) is 9.61. The van der Waals surface area contributed by atoms with Crippen LogP contribution in [-0.4, -0.2) is 70.5 Å². The summed E-state index contributed by atoms with van der Waals surface area (Å²) in [7, 11) is 4.04. The largest absolute Gasteiger partial charge is 0.386 e. The van der Waals surface area contributed by atoms with Gasteiger partial charge in [-0.3, -0.25) is 19.7 Å². The van der Waals surface area contributed by atoms with Crippen molar-refractivity contribution in [2.24, 2.45) is 0 Å². The van der Waals surface area contributed by atoms with Gasteiger partial charge in [0.25, 0.3) is 11.8 Å². The molecule has 3 aromatic rings. The number of carbonyl (C=O) groups excluding carboxylic acids is 2. The van der Waals surface area contributed by atoms with E-state index in [4.69, 9.17) is 0 Å². The second-order valence-corrected chi connectivity index (χ2v) is 9.61. The zero-order valence-electron chi connectivity index (χ0n) is 21.1. The summed E-state index contributed by atoms with van der Waals surface area (Å²) in [6, 6.07) is 7.98. The van der Waals surface area contributed by atoms with Gasteiger partial charge < -0.3 is 20.4 Å². The minimum Gasteiger partial charge on any atom is -0.386 e. The van der Waals surface area contributed by atoms with Gasteiger partial charge in [-0.1, -0.05) is 12.1 Å². The molecule has 4 heterocycles. The number of amides is 2. The van der Waals surface area contributed by atoms with Crippen LogP contribution in [0.15, 0.2) is 72.4 Å². The maximum Gasteiger partial charge on any atom is 0.276 e. The van der Waals surface area contributed by atoms with Crippen molar-refractivity contribution in [1.29, 1.82) is 0 Å². The molecule has 0 radical (unpaired) electrons. The van der Waals surface area contributed by atoms with E-state index in [-0.39, 0.29) is 11.8 Å². The summed E-state index contributed by atoms with van der Waals surface area (Å²) in [4.78, 5) is 34.4. The zero-order valence-corrected chi connectivity index (χ0v) is 21.1. The lowest BCUT2D eigenvalue weighted by Crippen LogP contribution is -2.30. The minimum absolute atomic E-state index is 0.0260. The van der Waals surface area contributed by atoms with Gasteiger partial charge in [0.15, 0.2) is 5.69 Å². The standard InChI is InChI=1S/C28H31N7O2/c1-34(2)18-19-13-22(16-30-15-19)21-6-8-25-24(14-21)26(33-32-25)27(36)31-23-7-5-20(9-10-29-17-23)28(37)35-11-3-4-12-35/h5-9,13-17,29H,3-4,10-12,18H2,1-2H3,(H,31,36)(H,32,33)/b7-5-,20-9?,23-17+. The van der Waals surface area contributed by atoms with E-state index in [1.807, 2.05) is 55.7 Å². The van der Waals surface area contributed by atoms with Crippen LogP contribution in [0.1, 0.15) is 28.9 Å². The Kier molecular flexibility index (Phi) is 7.14. The molecule has 2 amide bonds. The Bertz CT molecular complexity index is 1410. The first-order valence-electron chi connectivity index (χ1n) is 12.5. The van der Waals surface area contributed by atoms with Crippen LogP contribution in [0.25, 0.3) is 22.0 Å². The molecule has 1 saturated heterocycles. The van der Waals surface area contributed by atoms with Gasteiger partial charge in [-0.25, -0.2) is 0 Å². The zero-order chi connectivity index (χ0) is 25.8. The number of allylic oxidation sites excluding steroid dienone is 1.